The van der Waals surface area contributed by atoms with Gasteiger partial charge in [-0.15, -0.1) is 0 Å². The van der Waals surface area contributed by atoms with Crippen molar-refractivity contribution < 1.29 is 9.53 Å². The molecule has 2 heterocycles. The number of aromatic nitrogens is 2. The van der Waals surface area contributed by atoms with Crippen LogP contribution in [0.2, 0.25) is 5.02 Å². The van der Waals surface area contributed by atoms with Crippen LogP contribution in [0.5, 0.6) is 5.75 Å². The Bertz CT molecular complexity index is 1010. The molecule has 8 heteroatoms. The normalized spacial score (nSPS) is 14.5. The third-order valence-electron chi connectivity index (χ3n) is 5.10. The maximum atomic E-state index is 12.9. The standard InChI is InChI=1S/C22H23ClN4O2S/c1-29-19-5-2-4-17(15-19)21(28)26-10-3-11-27(13-12-26)22-24-20(25-30-22)14-16-6-8-18(23)9-7-16/h2,4-9,15H,3,10-14H2,1H3. The summed E-state index contributed by atoms with van der Waals surface area (Å²) >= 11 is 7.37. The molecule has 4 rings (SSSR count). The maximum Gasteiger partial charge on any atom is 0.254 e. The number of nitrogens with zero attached hydrogens (tertiary/aromatic N) is 4. The molecule has 0 N–H and O–H groups in total. The Hall–Kier alpha value is -2.64. The van der Waals surface area contributed by atoms with Crippen molar-refractivity contribution in [2.45, 2.75) is 12.8 Å². The second-order valence-electron chi connectivity index (χ2n) is 7.16. The van der Waals surface area contributed by atoms with Crippen LogP contribution in [0.25, 0.3) is 0 Å². The molecule has 0 saturated carbocycles. The summed E-state index contributed by atoms with van der Waals surface area (Å²) in [5.74, 6) is 1.54. The van der Waals surface area contributed by atoms with Gasteiger partial charge in [0.05, 0.1) is 7.11 Å². The SMILES string of the molecule is COc1cccc(C(=O)N2CCCN(c3nc(Cc4ccc(Cl)cc4)ns3)CC2)c1. The minimum absolute atomic E-state index is 0.0384. The summed E-state index contributed by atoms with van der Waals surface area (Å²) in [4.78, 5) is 21.8. The van der Waals surface area contributed by atoms with E-state index < -0.39 is 0 Å². The molecule has 1 aliphatic heterocycles. The smallest absolute Gasteiger partial charge is 0.254 e. The van der Waals surface area contributed by atoms with Crippen LogP contribution in [-0.2, 0) is 6.42 Å². The summed E-state index contributed by atoms with van der Waals surface area (Å²) in [6.07, 6.45) is 1.57. The molecule has 1 aromatic heterocycles. The number of anilines is 1. The minimum atomic E-state index is 0.0384. The molecule has 1 amide bonds. The van der Waals surface area contributed by atoms with Crippen molar-refractivity contribution in [1.82, 2.24) is 14.3 Å². The van der Waals surface area contributed by atoms with Gasteiger partial charge in [0.1, 0.15) is 11.6 Å². The number of hydrogen-bond acceptors (Lipinski definition) is 6. The van der Waals surface area contributed by atoms with Gasteiger partial charge in [0.2, 0.25) is 5.13 Å². The van der Waals surface area contributed by atoms with Crippen molar-refractivity contribution >= 4 is 34.2 Å². The van der Waals surface area contributed by atoms with Crippen molar-refractivity contribution in [2.24, 2.45) is 0 Å². The fraction of sp³-hybridized carbons (Fsp3) is 0.318. The Balaban J connectivity index is 1.39. The monoisotopic (exact) mass is 442 g/mol. The Morgan fingerprint density at radius 2 is 1.97 bits per heavy atom. The van der Waals surface area contributed by atoms with E-state index in [0.717, 1.165) is 47.6 Å². The van der Waals surface area contributed by atoms with E-state index in [1.165, 1.54) is 11.5 Å². The highest BCUT2D eigenvalue weighted by Gasteiger charge is 2.22. The molecule has 3 aromatic rings. The third kappa shape index (κ3) is 4.91. The van der Waals surface area contributed by atoms with Crippen molar-refractivity contribution in [1.29, 1.82) is 0 Å². The molecule has 0 spiro atoms. The van der Waals surface area contributed by atoms with Crippen LogP contribution in [0.4, 0.5) is 5.13 Å². The first kappa shape index (κ1) is 20.6. The average molecular weight is 443 g/mol. The number of rotatable bonds is 5. The zero-order chi connectivity index (χ0) is 20.9. The molecule has 1 aliphatic rings. The number of carbonyl (C=O) groups is 1. The van der Waals surface area contributed by atoms with Crippen molar-refractivity contribution in [3.8, 4) is 5.75 Å². The van der Waals surface area contributed by atoms with Gasteiger partial charge in [0.25, 0.3) is 5.91 Å². The van der Waals surface area contributed by atoms with Gasteiger partial charge in [0, 0.05) is 54.7 Å². The lowest BCUT2D eigenvalue weighted by Gasteiger charge is -2.21. The number of methoxy groups -OCH3 is 1. The fourth-order valence-corrected chi connectivity index (χ4v) is 4.34. The Morgan fingerprint density at radius 3 is 2.77 bits per heavy atom. The van der Waals surface area contributed by atoms with E-state index in [1.807, 2.05) is 47.4 Å². The summed E-state index contributed by atoms with van der Waals surface area (Å²) in [7, 11) is 1.61. The third-order valence-corrected chi connectivity index (χ3v) is 6.17. The van der Waals surface area contributed by atoms with E-state index in [-0.39, 0.29) is 5.91 Å². The second kappa shape index (κ2) is 9.45. The first-order valence-corrected chi connectivity index (χ1v) is 11.0. The lowest BCUT2D eigenvalue weighted by atomic mass is 10.1. The van der Waals surface area contributed by atoms with E-state index in [9.17, 15) is 4.79 Å². The number of hydrogen-bond donors (Lipinski definition) is 0. The van der Waals surface area contributed by atoms with Gasteiger partial charge >= 0.3 is 0 Å². The largest absolute Gasteiger partial charge is 0.497 e. The summed E-state index contributed by atoms with van der Waals surface area (Å²) < 4.78 is 9.77. The highest BCUT2D eigenvalue weighted by molar-refractivity contribution is 7.09. The minimum Gasteiger partial charge on any atom is -0.497 e. The highest BCUT2D eigenvalue weighted by Crippen LogP contribution is 2.22. The summed E-state index contributed by atoms with van der Waals surface area (Å²) in [5, 5.41) is 1.64. The lowest BCUT2D eigenvalue weighted by Crippen LogP contribution is -2.35. The molecule has 1 fully saturated rings. The average Bonchev–Trinajstić information content (AvgIpc) is 3.09. The molecule has 156 valence electrons. The van der Waals surface area contributed by atoms with E-state index >= 15 is 0 Å². The molecule has 30 heavy (non-hydrogen) atoms. The van der Waals surface area contributed by atoms with E-state index in [0.29, 0.717) is 24.3 Å². The molecule has 0 bridgehead atoms. The van der Waals surface area contributed by atoms with Gasteiger partial charge in [-0.3, -0.25) is 4.79 Å². The van der Waals surface area contributed by atoms with E-state index in [4.69, 9.17) is 21.3 Å². The first-order chi connectivity index (χ1) is 14.6. The molecule has 2 aromatic carbocycles. The number of ether oxygens (including phenoxy) is 1. The van der Waals surface area contributed by atoms with Crippen molar-refractivity contribution in [3.05, 3.63) is 70.5 Å². The number of carbonyl (C=O) groups excluding carboxylic acids is 1. The lowest BCUT2D eigenvalue weighted by molar-refractivity contribution is 0.0766. The second-order valence-corrected chi connectivity index (χ2v) is 8.33. The van der Waals surface area contributed by atoms with Gasteiger partial charge in [-0.05, 0) is 42.3 Å². The summed E-state index contributed by atoms with van der Waals surface area (Å²) in [6.45, 7) is 2.98. The molecule has 0 unspecified atom stereocenters. The van der Waals surface area contributed by atoms with Crippen molar-refractivity contribution in [3.63, 3.8) is 0 Å². The van der Waals surface area contributed by atoms with Gasteiger partial charge < -0.3 is 14.5 Å². The van der Waals surface area contributed by atoms with Crippen LogP contribution in [0, 0.1) is 0 Å². The summed E-state index contributed by atoms with van der Waals surface area (Å²) in [5.41, 5.74) is 1.79. The number of amides is 1. The molecule has 0 atom stereocenters. The Kier molecular flexibility index (Phi) is 6.50. The predicted molar refractivity (Wildman–Crippen MR) is 120 cm³/mol. The van der Waals surface area contributed by atoms with Crippen LogP contribution < -0.4 is 9.64 Å². The van der Waals surface area contributed by atoms with Gasteiger partial charge in [-0.2, -0.15) is 4.37 Å². The molecule has 6 nitrogen and oxygen atoms in total. The summed E-state index contributed by atoms with van der Waals surface area (Å²) in [6, 6.07) is 15.1. The van der Waals surface area contributed by atoms with Crippen LogP contribution in [0.15, 0.2) is 48.5 Å². The van der Waals surface area contributed by atoms with E-state index in [1.54, 1.807) is 13.2 Å². The first-order valence-electron chi connectivity index (χ1n) is 9.87. The Labute approximate surface area is 185 Å². The topological polar surface area (TPSA) is 58.6 Å². The van der Waals surface area contributed by atoms with Gasteiger partial charge in [0.15, 0.2) is 0 Å². The van der Waals surface area contributed by atoms with Gasteiger partial charge in [-0.1, -0.05) is 29.8 Å². The van der Waals surface area contributed by atoms with E-state index in [2.05, 4.69) is 9.27 Å². The number of benzene rings is 2. The van der Waals surface area contributed by atoms with Crippen molar-refractivity contribution in [2.75, 3.05) is 38.2 Å². The predicted octanol–water partition coefficient (Wildman–Crippen LogP) is 4.14. The quantitative estimate of drug-likeness (QED) is 0.594. The molecular weight excluding hydrogens is 420 g/mol. The van der Waals surface area contributed by atoms with Crippen LogP contribution in [-0.4, -0.2) is 53.5 Å². The van der Waals surface area contributed by atoms with Crippen LogP contribution in [0.1, 0.15) is 28.2 Å². The fourth-order valence-electron chi connectivity index (χ4n) is 3.48. The highest BCUT2D eigenvalue weighted by atomic mass is 35.5. The molecule has 0 radical (unpaired) electrons. The van der Waals surface area contributed by atoms with Crippen LogP contribution in [0.3, 0.4) is 0 Å². The van der Waals surface area contributed by atoms with Gasteiger partial charge in [-0.25, -0.2) is 4.98 Å². The number of halogens is 1. The molecular formula is C22H23ClN4O2S. The zero-order valence-electron chi connectivity index (χ0n) is 16.8. The zero-order valence-corrected chi connectivity index (χ0v) is 18.3. The molecule has 0 aliphatic carbocycles. The Morgan fingerprint density at radius 1 is 1.13 bits per heavy atom. The maximum absolute atomic E-state index is 12.9. The van der Waals surface area contributed by atoms with Crippen LogP contribution >= 0.6 is 23.1 Å². The molecule has 1 saturated heterocycles.